The Morgan fingerprint density at radius 2 is 1.56 bits per heavy atom. The van der Waals surface area contributed by atoms with Crippen LogP contribution in [-0.4, -0.2) is 20.9 Å². The first-order chi connectivity index (χ1) is 7.34. The van der Waals surface area contributed by atoms with E-state index in [4.69, 9.17) is 5.11 Å². The van der Waals surface area contributed by atoms with Gasteiger partial charge in [-0.25, -0.2) is 4.79 Å². The average Bonchev–Trinajstić information content (AvgIpc) is 2.16. The standard InChI is InChI=1S/C7H3BrN2O6/c8-6-4(9(13)14)1-3(7(11)12)2-5(6)10(15)16/h1-2H,(H,11,12). The number of carboxylic acids is 1. The van der Waals surface area contributed by atoms with Crippen molar-refractivity contribution in [1.29, 1.82) is 0 Å². The van der Waals surface area contributed by atoms with E-state index >= 15 is 0 Å². The predicted octanol–water partition coefficient (Wildman–Crippen LogP) is 1.96. The molecule has 1 N–H and O–H groups in total. The Morgan fingerprint density at radius 3 is 1.81 bits per heavy atom. The second-order valence-corrected chi connectivity index (χ2v) is 3.44. The van der Waals surface area contributed by atoms with Crippen LogP contribution < -0.4 is 0 Å². The molecule has 0 radical (unpaired) electrons. The molecule has 0 aromatic heterocycles. The molecule has 0 amide bonds. The van der Waals surface area contributed by atoms with Crippen molar-refractivity contribution < 1.29 is 19.7 Å². The molecule has 9 heteroatoms. The van der Waals surface area contributed by atoms with Crippen LogP contribution in [0.2, 0.25) is 0 Å². The summed E-state index contributed by atoms with van der Waals surface area (Å²) in [5, 5.41) is 29.7. The molecule has 1 aromatic carbocycles. The molecule has 0 aliphatic heterocycles. The van der Waals surface area contributed by atoms with Gasteiger partial charge in [-0.2, -0.15) is 0 Å². The molecule has 0 bridgehead atoms. The van der Waals surface area contributed by atoms with E-state index < -0.39 is 32.8 Å². The van der Waals surface area contributed by atoms with E-state index in [-0.39, 0.29) is 4.47 Å². The number of nitro benzene ring substituents is 2. The van der Waals surface area contributed by atoms with Gasteiger partial charge in [-0.15, -0.1) is 0 Å². The topological polar surface area (TPSA) is 124 Å². The van der Waals surface area contributed by atoms with Crippen molar-refractivity contribution in [3.63, 3.8) is 0 Å². The summed E-state index contributed by atoms with van der Waals surface area (Å²) in [7, 11) is 0. The lowest BCUT2D eigenvalue weighted by Gasteiger charge is -1.99. The third kappa shape index (κ3) is 2.14. The fourth-order valence-corrected chi connectivity index (χ4v) is 1.50. The Kier molecular flexibility index (Phi) is 3.18. The van der Waals surface area contributed by atoms with E-state index in [0.717, 1.165) is 12.1 Å². The molecule has 0 spiro atoms. The molecule has 1 aromatic rings. The number of carboxylic acid groups (broad SMARTS) is 1. The van der Waals surface area contributed by atoms with Crippen molar-refractivity contribution in [1.82, 2.24) is 0 Å². The van der Waals surface area contributed by atoms with Crippen molar-refractivity contribution in [2.75, 3.05) is 0 Å². The van der Waals surface area contributed by atoms with Gasteiger partial charge in [0.05, 0.1) is 15.4 Å². The van der Waals surface area contributed by atoms with Gasteiger partial charge in [0.15, 0.2) is 4.47 Å². The maximum absolute atomic E-state index is 10.6. The highest BCUT2D eigenvalue weighted by Crippen LogP contribution is 2.35. The number of carbonyl (C=O) groups is 1. The number of aromatic carboxylic acids is 1. The van der Waals surface area contributed by atoms with Gasteiger partial charge in [0, 0.05) is 12.1 Å². The first-order valence-electron chi connectivity index (χ1n) is 3.70. The monoisotopic (exact) mass is 290 g/mol. The van der Waals surface area contributed by atoms with Crippen molar-refractivity contribution in [2.45, 2.75) is 0 Å². The third-order valence-electron chi connectivity index (χ3n) is 1.67. The summed E-state index contributed by atoms with van der Waals surface area (Å²) < 4.78 is -0.354. The van der Waals surface area contributed by atoms with E-state index in [0.29, 0.717) is 0 Å². The number of nitrogens with zero attached hydrogens (tertiary/aromatic N) is 2. The highest BCUT2D eigenvalue weighted by atomic mass is 79.9. The summed E-state index contributed by atoms with van der Waals surface area (Å²) in [6.07, 6.45) is 0. The Labute approximate surface area is 95.9 Å². The Balaban J connectivity index is 3.57. The molecule has 0 saturated heterocycles. The number of halogens is 1. The second kappa shape index (κ2) is 4.23. The van der Waals surface area contributed by atoms with Crippen LogP contribution in [0.5, 0.6) is 0 Å². The summed E-state index contributed by atoms with van der Waals surface area (Å²) in [5.74, 6) is -1.47. The van der Waals surface area contributed by atoms with Gasteiger partial charge in [-0.3, -0.25) is 20.2 Å². The molecule has 0 aliphatic carbocycles. The first-order valence-corrected chi connectivity index (χ1v) is 4.49. The molecular weight excluding hydrogens is 288 g/mol. The average molecular weight is 291 g/mol. The Bertz CT molecular complexity index is 465. The Hall–Kier alpha value is -2.03. The Morgan fingerprint density at radius 1 is 1.19 bits per heavy atom. The van der Waals surface area contributed by atoms with Gasteiger partial charge < -0.3 is 5.11 Å². The van der Waals surface area contributed by atoms with Crippen LogP contribution in [0.3, 0.4) is 0 Å². The number of benzene rings is 1. The van der Waals surface area contributed by atoms with E-state index in [2.05, 4.69) is 15.9 Å². The second-order valence-electron chi connectivity index (χ2n) is 2.65. The highest BCUT2D eigenvalue weighted by molar-refractivity contribution is 9.10. The number of hydrogen-bond donors (Lipinski definition) is 1. The zero-order chi connectivity index (χ0) is 12.5. The zero-order valence-corrected chi connectivity index (χ0v) is 9.00. The lowest BCUT2D eigenvalue weighted by atomic mass is 10.2. The van der Waals surface area contributed by atoms with Gasteiger partial charge in [0.1, 0.15) is 0 Å². The molecule has 0 fully saturated rings. The van der Waals surface area contributed by atoms with E-state index in [1.165, 1.54) is 0 Å². The van der Waals surface area contributed by atoms with Gasteiger partial charge in [0.2, 0.25) is 0 Å². The largest absolute Gasteiger partial charge is 0.478 e. The fourth-order valence-electron chi connectivity index (χ4n) is 0.983. The lowest BCUT2D eigenvalue weighted by molar-refractivity contribution is -0.395. The molecule has 16 heavy (non-hydrogen) atoms. The van der Waals surface area contributed by atoms with Crippen molar-refractivity contribution >= 4 is 33.3 Å². The summed E-state index contributed by atoms with van der Waals surface area (Å²) in [6, 6.07) is 1.50. The molecule has 8 nitrogen and oxygen atoms in total. The van der Waals surface area contributed by atoms with Crippen LogP contribution in [0.15, 0.2) is 16.6 Å². The van der Waals surface area contributed by atoms with Crippen LogP contribution in [0.1, 0.15) is 10.4 Å². The maximum atomic E-state index is 10.6. The van der Waals surface area contributed by atoms with Crippen LogP contribution >= 0.6 is 15.9 Å². The highest BCUT2D eigenvalue weighted by Gasteiger charge is 2.26. The SMILES string of the molecule is O=C(O)c1cc([N+](=O)[O-])c(Br)c([N+](=O)[O-])c1. The fraction of sp³-hybridized carbons (Fsp3) is 0. The van der Waals surface area contributed by atoms with Crippen LogP contribution in [0, 0.1) is 20.2 Å². The molecule has 0 heterocycles. The number of rotatable bonds is 3. The summed E-state index contributed by atoms with van der Waals surface area (Å²) in [5.41, 5.74) is -1.83. The molecule has 84 valence electrons. The van der Waals surface area contributed by atoms with Crippen molar-refractivity contribution in [3.05, 3.63) is 42.4 Å². The number of hydrogen-bond acceptors (Lipinski definition) is 5. The third-order valence-corrected chi connectivity index (χ3v) is 2.49. The molecule has 0 atom stereocenters. The normalized spacial score (nSPS) is 9.81. The smallest absolute Gasteiger partial charge is 0.336 e. The van der Waals surface area contributed by atoms with Gasteiger partial charge in [0.25, 0.3) is 11.4 Å². The van der Waals surface area contributed by atoms with Gasteiger partial charge in [-0.05, 0) is 15.9 Å². The van der Waals surface area contributed by atoms with E-state index in [1.54, 1.807) is 0 Å². The molecule has 0 aliphatic rings. The zero-order valence-electron chi connectivity index (χ0n) is 7.42. The predicted molar refractivity (Wildman–Crippen MR) is 54.4 cm³/mol. The van der Waals surface area contributed by atoms with Gasteiger partial charge in [-0.1, -0.05) is 0 Å². The molecular formula is C7H3BrN2O6. The van der Waals surface area contributed by atoms with Crippen LogP contribution in [0.4, 0.5) is 11.4 Å². The minimum atomic E-state index is -1.47. The van der Waals surface area contributed by atoms with Crippen LogP contribution in [0.25, 0.3) is 0 Å². The molecule has 0 saturated carbocycles. The maximum Gasteiger partial charge on any atom is 0.336 e. The van der Waals surface area contributed by atoms with Gasteiger partial charge >= 0.3 is 5.97 Å². The molecule has 0 unspecified atom stereocenters. The summed E-state index contributed by atoms with van der Waals surface area (Å²) >= 11 is 2.69. The van der Waals surface area contributed by atoms with E-state index in [9.17, 15) is 25.0 Å². The van der Waals surface area contributed by atoms with Crippen LogP contribution in [-0.2, 0) is 0 Å². The quantitative estimate of drug-likeness (QED) is 0.670. The van der Waals surface area contributed by atoms with Crippen molar-refractivity contribution in [3.8, 4) is 0 Å². The minimum Gasteiger partial charge on any atom is -0.478 e. The minimum absolute atomic E-state index is 0.354. The summed E-state index contributed by atoms with van der Waals surface area (Å²) in [4.78, 5) is 29.9. The lowest BCUT2D eigenvalue weighted by Crippen LogP contribution is -2.02. The van der Waals surface area contributed by atoms with E-state index in [1.807, 2.05) is 0 Å². The number of nitro groups is 2. The first kappa shape index (κ1) is 12.0. The van der Waals surface area contributed by atoms with Crippen molar-refractivity contribution in [2.24, 2.45) is 0 Å². The molecule has 1 rings (SSSR count). The summed E-state index contributed by atoms with van der Waals surface area (Å²) in [6.45, 7) is 0.